The molecule has 5 heteroatoms. The second kappa shape index (κ2) is 7.22. The predicted octanol–water partition coefficient (Wildman–Crippen LogP) is 1.48. The van der Waals surface area contributed by atoms with Gasteiger partial charge in [0, 0.05) is 38.3 Å². The summed E-state index contributed by atoms with van der Waals surface area (Å²) in [4.78, 5) is 27.1. The van der Waals surface area contributed by atoms with Crippen molar-refractivity contribution in [2.45, 2.75) is 19.8 Å². The first kappa shape index (κ1) is 15.5. The monoisotopic (exact) mass is 290 g/mol. The van der Waals surface area contributed by atoms with Gasteiger partial charge in [0.2, 0.25) is 0 Å². The van der Waals surface area contributed by atoms with E-state index in [-0.39, 0.29) is 12.3 Å². The summed E-state index contributed by atoms with van der Waals surface area (Å²) in [5, 5.41) is 8.70. The lowest BCUT2D eigenvalue weighted by atomic mass is 10.0. The maximum absolute atomic E-state index is 12.6. The number of rotatable bonds is 5. The first-order valence-corrected chi connectivity index (χ1v) is 7.43. The van der Waals surface area contributed by atoms with Crippen molar-refractivity contribution in [1.82, 2.24) is 9.80 Å². The Hall–Kier alpha value is -1.88. The number of amides is 1. The summed E-state index contributed by atoms with van der Waals surface area (Å²) < 4.78 is 0. The zero-order valence-corrected chi connectivity index (χ0v) is 12.4. The third-order valence-corrected chi connectivity index (χ3v) is 3.93. The van der Waals surface area contributed by atoms with Gasteiger partial charge in [0.25, 0.3) is 5.91 Å². The largest absolute Gasteiger partial charge is 0.481 e. The molecular weight excluding hydrogens is 268 g/mol. The van der Waals surface area contributed by atoms with Gasteiger partial charge in [-0.25, -0.2) is 0 Å². The average Bonchev–Trinajstić information content (AvgIpc) is 2.52. The molecular formula is C16H22N2O3. The number of carboxylic acid groups (broad SMARTS) is 1. The first-order chi connectivity index (χ1) is 10.1. The number of carbonyl (C=O) groups excluding carboxylic acids is 1. The van der Waals surface area contributed by atoms with Crippen molar-refractivity contribution in [2.75, 3.05) is 32.7 Å². The smallest absolute Gasteiger partial charge is 0.304 e. The Kier molecular flexibility index (Phi) is 5.33. The molecule has 1 amide bonds. The molecule has 1 heterocycles. The highest BCUT2D eigenvalue weighted by Crippen LogP contribution is 2.14. The minimum Gasteiger partial charge on any atom is -0.481 e. The van der Waals surface area contributed by atoms with E-state index in [0.717, 1.165) is 30.6 Å². The van der Waals surface area contributed by atoms with Crippen LogP contribution in [0.5, 0.6) is 0 Å². The summed E-state index contributed by atoms with van der Waals surface area (Å²) in [5.74, 6) is -0.685. The molecule has 1 fully saturated rings. The Morgan fingerprint density at radius 1 is 1.14 bits per heavy atom. The van der Waals surface area contributed by atoms with E-state index in [1.807, 2.05) is 29.2 Å². The molecule has 0 aliphatic carbocycles. The molecule has 2 rings (SSSR count). The average molecular weight is 290 g/mol. The number of piperazine rings is 1. The van der Waals surface area contributed by atoms with E-state index in [0.29, 0.717) is 19.6 Å². The molecule has 0 aromatic heterocycles. The number of hydrogen-bond donors (Lipinski definition) is 1. The van der Waals surface area contributed by atoms with Gasteiger partial charge in [0.05, 0.1) is 6.42 Å². The van der Waals surface area contributed by atoms with Crippen molar-refractivity contribution in [1.29, 1.82) is 0 Å². The molecule has 0 spiro atoms. The van der Waals surface area contributed by atoms with Crippen LogP contribution in [-0.2, 0) is 11.2 Å². The number of aliphatic carboxylic acids is 1. The summed E-state index contributed by atoms with van der Waals surface area (Å²) in [6.45, 7) is 5.42. The molecule has 5 nitrogen and oxygen atoms in total. The van der Waals surface area contributed by atoms with Crippen molar-refractivity contribution in [3.05, 3.63) is 35.4 Å². The van der Waals surface area contributed by atoms with Gasteiger partial charge in [-0.2, -0.15) is 0 Å². The highest BCUT2D eigenvalue weighted by Gasteiger charge is 2.23. The lowest BCUT2D eigenvalue weighted by Crippen LogP contribution is -2.49. The first-order valence-electron chi connectivity index (χ1n) is 7.43. The zero-order valence-electron chi connectivity index (χ0n) is 12.4. The van der Waals surface area contributed by atoms with E-state index < -0.39 is 5.97 Å². The maximum Gasteiger partial charge on any atom is 0.304 e. The Labute approximate surface area is 125 Å². The molecule has 114 valence electrons. The number of benzene rings is 1. The molecule has 1 aromatic rings. The highest BCUT2D eigenvalue weighted by atomic mass is 16.4. The molecule has 1 aliphatic rings. The highest BCUT2D eigenvalue weighted by molar-refractivity contribution is 5.95. The molecule has 0 radical (unpaired) electrons. The van der Waals surface area contributed by atoms with Crippen LogP contribution >= 0.6 is 0 Å². The van der Waals surface area contributed by atoms with E-state index in [2.05, 4.69) is 11.8 Å². The number of nitrogens with zero attached hydrogens (tertiary/aromatic N) is 2. The lowest BCUT2D eigenvalue weighted by Gasteiger charge is -2.34. The van der Waals surface area contributed by atoms with E-state index >= 15 is 0 Å². The topological polar surface area (TPSA) is 60.9 Å². The number of carboxylic acids is 1. The molecule has 1 aliphatic heterocycles. The van der Waals surface area contributed by atoms with Crippen LogP contribution in [0.1, 0.15) is 29.3 Å². The molecule has 0 saturated carbocycles. The van der Waals surface area contributed by atoms with Gasteiger partial charge >= 0.3 is 5.97 Å². The molecule has 1 saturated heterocycles. The van der Waals surface area contributed by atoms with Crippen LogP contribution in [0.15, 0.2) is 24.3 Å². The predicted molar refractivity (Wildman–Crippen MR) is 80.4 cm³/mol. The Morgan fingerprint density at radius 2 is 1.81 bits per heavy atom. The second-order valence-corrected chi connectivity index (χ2v) is 5.29. The van der Waals surface area contributed by atoms with Gasteiger partial charge in [-0.1, -0.05) is 25.1 Å². The van der Waals surface area contributed by atoms with Crippen molar-refractivity contribution in [3.8, 4) is 0 Å². The van der Waals surface area contributed by atoms with Gasteiger partial charge < -0.3 is 10.0 Å². The Bertz CT molecular complexity index is 508. The summed E-state index contributed by atoms with van der Waals surface area (Å²) in [7, 11) is 0. The third-order valence-electron chi connectivity index (χ3n) is 3.93. The van der Waals surface area contributed by atoms with E-state index in [9.17, 15) is 9.59 Å². The van der Waals surface area contributed by atoms with Crippen LogP contribution in [0.3, 0.4) is 0 Å². The Balaban J connectivity index is 1.92. The molecule has 0 atom stereocenters. The summed E-state index contributed by atoms with van der Waals surface area (Å²) in [5.41, 5.74) is 1.87. The number of carbonyl (C=O) groups is 2. The van der Waals surface area contributed by atoms with Crippen molar-refractivity contribution >= 4 is 11.9 Å². The third kappa shape index (κ3) is 4.04. The van der Waals surface area contributed by atoms with Crippen LogP contribution < -0.4 is 0 Å². The van der Waals surface area contributed by atoms with Crippen LogP contribution in [0, 0.1) is 0 Å². The fourth-order valence-corrected chi connectivity index (χ4v) is 2.64. The lowest BCUT2D eigenvalue weighted by molar-refractivity contribution is -0.137. The summed E-state index contributed by atoms with van der Waals surface area (Å²) >= 11 is 0. The van der Waals surface area contributed by atoms with Crippen LogP contribution in [0.2, 0.25) is 0 Å². The summed E-state index contributed by atoms with van der Waals surface area (Å²) in [6, 6.07) is 7.74. The van der Waals surface area contributed by atoms with Gasteiger partial charge in [-0.3, -0.25) is 14.5 Å². The van der Waals surface area contributed by atoms with Crippen LogP contribution in [-0.4, -0.2) is 59.5 Å². The van der Waals surface area contributed by atoms with Gasteiger partial charge in [-0.05, 0) is 18.1 Å². The van der Waals surface area contributed by atoms with E-state index in [4.69, 9.17) is 5.11 Å². The second-order valence-electron chi connectivity index (χ2n) is 5.29. The molecule has 0 bridgehead atoms. The number of hydrogen-bond acceptors (Lipinski definition) is 3. The quantitative estimate of drug-likeness (QED) is 0.892. The van der Waals surface area contributed by atoms with Crippen molar-refractivity contribution in [2.24, 2.45) is 0 Å². The molecule has 1 aromatic carbocycles. The number of aryl methyl sites for hydroxylation is 1. The maximum atomic E-state index is 12.6. The van der Waals surface area contributed by atoms with Gasteiger partial charge in [-0.15, -0.1) is 0 Å². The van der Waals surface area contributed by atoms with E-state index in [1.54, 1.807) is 0 Å². The molecule has 21 heavy (non-hydrogen) atoms. The van der Waals surface area contributed by atoms with Crippen molar-refractivity contribution in [3.63, 3.8) is 0 Å². The Morgan fingerprint density at radius 3 is 2.43 bits per heavy atom. The van der Waals surface area contributed by atoms with Crippen LogP contribution in [0.4, 0.5) is 0 Å². The van der Waals surface area contributed by atoms with Gasteiger partial charge in [0.1, 0.15) is 0 Å². The zero-order chi connectivity index (χ0) is 15.2. The molecule has 1 N–H and O–H groups in total. The summed E-state index contributed by atoms with van der Waals surface area (Å²) in [6.07, 6.45) is 1.01. The fourth-order valence-electron chi connectivity index (χ4n) is 2.64. The van der Waals surface area contributed by atoms with Gasteiger partial charge in [0.15, 0.2) is 0 Å². The standard InChI is InChI=1S/C16H22N2O3/c1-2-13-5-3-4-6-14(13)16(21)18-11-9-17(10-12-18)8-7-15(19)20/h3-6H,2,7-12H2,1H3,(H,19,20). The molecule has 0 unspecified atom stereocenters. The van der Waals surface area contributed by atoms with E-state index in [1.165, 1.54) is 0 Å². The minimum atomic E-state index is -0.773. The van der Waals surface area contributed by atoms with Crippen LogP contribution in [0.25, 0.3) is 0 Å². The normalized spacial score (nSPS) is 16.0. The van der Waals surface area contributed by atoms with Crippen molar-refractivity contribution < 1.29 is 14.7 Å². The minimum absolute atomic E-state index is 0.0883. The SMILES string of the molecule is CCc1ccccc1C(=O)N1CCN(CCC(=O)O)CC1. The fraction of sp³-hybridized carbons (Fsp3) is 0.500.